The second-order valence-electron chi connectivity index (χ2n) is 26.4. The van der Waals surface area contributed by atoms with Gasteiger partial charge in [0.1, 0.15) is 42.3 Å². The molecule has 4 saturated carbocycles. The summed E-state index contributed by atoms with van der Waals surface area (Å²) >= 11 is 9.56. The molecule has 14 nitrogen and oxygen atoms in total. The first-order valence-corrected chi connectivity index (χ1v) is 39.3. The number of rotatable bonds is 18. The van der Waals surface area contributed by atoms with Gasteiger partial charge in [0.25, 0.3) is 0 Å². The number of aliphatic carboxylic acids is 2. The predicted molar refractivity (Wildman–Crippen MR) is 432 cm³/mol. The third-order valence-electron chi connectivity index (χ3n) is 19.4. The van der Waals surface area contributed by atoms with Crippen molar-refractivity contribution in [2.45, 2.75) is 137 Å². The standard InChI is InChI=1S/C22H20FNO2S.2C20H16FNO2S.C16H16BrNO2S.C6H6BFO2.CH4/c1-2-26-21(25)22(11-3-12-22)27-20-10-13-24-19-9-6-16(14-18(19)20)15-4-7-17(23)8-5-15;2*21-15-5-2-13(3-6-15)14-4-7-17-16(12-14)18(8-11-22-17)25-20(19(23)24)9-1-10-20;1-2-20-15(19)16(7-3-8-16)21-14-6-9-18-13-5-4-11(17)10-12(13)14;8-6-3-1-5(2-4-6)7(9)10;/h4-10,13-14H,2-3,11-12H2,1H3;2*2-8,11-12H,1,9-10H2,(H,23,24);4-6,9-10H,2-3,7-8H2,1H3;1-4,9-10H;1H4. The quantitative estimate of drug-likeness (QED) is 0.0356. The molecule has 4 aliphatic rings. The van der Waals surface area contributed by atoms with E-state index >= 15 is 0 Å². The molecule has 0 unspecified atom stereocenters. The number of aromatic nitrogens is 4. The van der Waals surface area contributed by atoms with E-state index in [0.717, 1.165) is 152 Å². The Kier molecular flexibility index (Phi) is 26.8. The molecule has 0 bridgehead atoms. The van der Waals surface area contributed by atoms with Crippen LogP contribution in [0.25, 0.3) is 77.0 Å². The summed E-state index contributed by atoms with van der Waals surface area (Å²) in [6.07, 6.45) is 17.2. The van der Waals surface area contributed by atoms with Crippen LogP contribution in [0.1, 0.15) is 98.3 Å². The molecule has 4 aromatic heterocycles. The molecule has 8 aromatic carbocycles. The Morgan fingerprint density at radius 2 is 0.642 bits per heavy atom. The highest BCUT2D eigenvalue weighted by Gasteiger charge is 2.49. The summed E-state index contributed by atoms with van der Waals surface area (Å²) in [5.74, 6) is -2.87. The van der Waals surface area contributed by atoms with E-state index in [1.54, 1.807) is 84.7 Å². The Bertz CT molecular complexity index is 5080. The van der Waals surface area contributed by atoms with Gasteiger partial charge in [-0.1, -0.05) is 90.1 Å². The van der Waals surface area contributed by atoms with Gasteiger partial charge in [-0.15, -0.1) is 47.0 Å². The molecule has 16 rings (SSSR count). The molecule has 560 valence electrons. The summed E-state index contributed by atoms with van der Waals surface area (Å²) in [6, 6.07) is 55.7. The fourth-order valence-corrected chi connectivity index (χ4v) is 18.8. The normalized spacial score (nSPS) is 15.1. The molecule has 4 aliphatic carbocycles. The van der Waals surface area contributed by atoms with Crippen molar-refractivity contribution >= 4 is 143 Å². The van der Waals surface area contributed by atoms with E-state index < -0.39 is 38.0 Å². The molecule has 109 heavy (non-hydrogen) atoms. The van der Waals surface area contributed by atoms with E-state index in [9.17, 15) is 47.0 Å². The molecule has 0 aliphatic heterocycles. The number of carbonyl (C=O) groups is 4. The van der Waals surface area contributed by atoms with Gasteiger partial charge in [0.2, 0.25) is 0 Å². The van der Waals surface area contributed by atoms with E-state index in [-0.39, 0.29) is 42.6 Å². The highest BCUT2D eigenvalue weighted by Crippen LogP contribution is 2.54. The van der Waals surface area contributed by atoms with Crippen LogP contribution in [-0.2, 0) is 28.7 Å². The average molecular weight is 1610 g/mol. The lowest BCUT2D eigenvalue weighted by molar-refractivity contribution is -0.149. The number of ether oxygens (including phenoxy) is 2. The molecular formula is C85H78BBrF4N4O10S4. The first-order valence-electron chi connectivity index (χ1n) is 35.3. The predicted octanol–water partition coefficient (Wildman–Crippen LogP) is 20.6. The number of benzene rings is 8. The number of carbonyl (C=O) groups excluding carboxylic acids is 2. The summed E-state index contributed by atoms with van der Waals surface area (Å²) < 4.78 is 61.0. The molecule has 12 aromatic rings. The maximum absolute atomic E-state index is 13.2. The number of pyridine rings is 4. The number of esters is 2. The fraction of sp³-hybridized carbons (Fsp3) is 0.247. The average Bonchev–Trinajstić information content (AvgIpc) is 0.777. The van der Waals surface area contributed by atoms with Crippen LogP contribution >= 0.6 is 63.0 Å². The van der Waals surface area contributed by atoms with Crippen molar-refractivity contribution in [2.75, 3.05) is 13.2 Å². The minimum absolute atomic E-state index is 0. The lowest BCUT2D eigenvalue weighted by atomic mass is 9.80. The SMILES string of the molecule is C.CCOC(=O)C1(Sc2ccnc3ccc(-c4ccc(F)cc4)cc23)CCC1.CCOC(=O)C1(Sc2ccnc3ccc(Br)cc23)CCC1.O=C(O)C1(Sc2ccnc3ccc(-c4ccc(F)cc4)cc23)CCC1.O=C(O)C1(Sc2ccnc3ccc(-c4ccc(F)cc4)cc23)CCC1.OB(O)c1ccc(F)cc1. The molecule has 0 amide bonds. The van der Waals surface area contributed by atoms with Gasteiger partial charge in [-0.05, 0) is 257 Å². The Hall–Kier alpha value is -9.14. The van der Waals surface area contributed by atoms with Crippen LogP contribution < -0.4 is 5.46 Å². The van der Waals surface area contributed by atoms with Gasteiger partial charge < -0.3 is 29.7 Å². The Balaban J connectivity index is 0.000000138. The van der Waals surface area contributed by atoms with Gasteiger partial charge in [0, 0.05) is 70.4 Å². The zero-order valence-electron chi connectivity index (χ0n) is 58.8. The Labute approximate surface area is 655 Å². The van der Waals surface area contributed by atoms with Gasteiger partial charge in [-0.25, -0.2) is 17.6 Å². The second kappa shape index (κ2) is 36.1. The first kappa shape index (κ1) is 80.9. The number of thioether (sulfide) groups is 4. The van der Waals surface area contributed by atoms with Crippen LogP contribution in [0.15, 0.2) is 243 Å². The van der Waals surface area contributed by atoms with Crippen molar-refractivity contribution in [2.24, 2.45) is 0 Å². The van der Waals surface area contributed by atoms with Crippen molar-refractivity contribution in [1.29, 1.82) is 0 Å². The van der Waals surface area contributed by atoms with Crippen molar-refractivity contribution in [1.82, 2.24) is 19.9 Å². The van der Waals surface area contributed by atoms with Crippen LogP contribution in [0.5, 0.6) is 0 Å². The van der Waals surface area contributed by atoms with Crippen LogP contribution in [0.4, 0.5) is 17.6 Å². The molecule has 24 heteroatoms. The minimum Gasteiger partial charge on any atom is -0.480 e. The van der Waals surface area contributed by atoms with Crippen LogP contribution in [0.3, 0.4) is 0 Å². The fourth-order valence-electron chi connectivity index (χ4n) is 12.7. The van der Waals surface area contributed by atoms with E-state index in [1.807, 2.05) is 98.8 Å². The Morgan fingerprint density at radius 3 is 0.899 bits per heavy atom. The number of fused-ring (bicyclic) bond motifs is 4. The van der Waals surface area contributed by atoms with Gasteiger partial charge in [-0.2, -0.15) is 0 Å². The van der Waals surface area contributed by atoms with Crippen molar-refractivity contribution in [3.8, 4) is 33.4 Å². The molecular weight excluding hydrogens is 1530 g/mol. The van der Waals surface area contributed by atoms with Crippen molar-refractivity contribution < 1.29 is 66.5 Å². The van der Waals surface area contributed by atoms with Crippen LogP contribution in [0, 0.1) is 23.3 Å². The van der Waals surface area contributed by atoms with Gasteiger partial charge in [-0.3, -0.25) is 39.1 Å². The van der Waals surface area contributed by atoms with Crippen LogP contribution in [-0.4, -0.2) is 103 Å². The monoisotopic (exact) mass is 1610 g/mol. The smallest absolute Gasteiger partial charge is 0.480 e. The van der Waals surface area contributed by atoms with Crippen molar-refractivity contribution in [3.63, 3.8) is 0 Å². The molecule has 4 fully saturated rings. The zero-order valence-corrected chi connectivity index (χ0v) is 63.7. The molecule has 4 heterocycles. The van der Waals surface area contributed by atoms with Crippen molar-refractivity contribution in [3.05, 3.63) is 247 Å². The summed E-state index contributed by atoms with van der Waals surface area (Å²) in [5, 5.41) is 40.2. The Morgan fingerprint density at radius 1 is 0.385 bits per heavy atom. The summed E-state index contributed by atoms with van der Waals surface area (Å²) in [7, 11) is -1.51. The number of nitrogens with zero attached hydrogens (tertiary/aromatic N) is 4. The van der Waals surface area contributed by atoms with Gasteiger partial charge >= 0.3 is 31.0 Å². The molecule has 4 N–H and O–H groups in total. The number of carboxylic acids is 2. The topological polar surface area (TPSA) is 219 Å². The van der Waals surface area contributed by atoms with E-state index in [4.69, 9.17) is 19.5 Å². The van der Waals surface area contributed by atoms with E-state index in [1.165, 1.54) is 84.2 Å². The molecule has 0 spiro atoms. The molecule has 0 radical (unpaired) electrons. The largest absolute Gasteiger partial charge is 0.488 e. The minimum atomic E-state index is -1.51. The maximum atomic E-state index is 13.2. The second-order valence-corrected chi connectivity index (χ2v) is 33.0. The van der Waals surface area contributed by atoms with E-state index in [0.29, 0.717) is 44.4 Å². The van der Waals surface area contributed by atoms with E-state index in [2.05, 4.69) is 48.0 Å². The van der Waals surface area contributed by atoms with Gasteiger partial charge in [0.15, 0.2) is 0 Å². The summed E-state index contributed by atoms with van der Waals surface area (Å²) in [4.78, 5) is 69.8. The zero-order chi connectivity index (χ0) is 76.2. The lowest BCUT2D eigenvalue weighted by Crippen LogP contribution is -2.43. The third kappa shape index (κ3) is 19.0. The number of hydrogen-bond acceptors (Lipinski definition) is 16. The number of hydrogen-bond donors (Lipinski definition) is 4. The first-order chi connectivity index (χ1) is 52.1. The summed E-state index contributed by atoms with van der Waals surface area (Å²) in [5.41, 5.74) is 9.47. The number of carboxylic acid groups (broad SMARTS) is 2. The highest BCUT2D eigenvalue weighted by atomic mass is 79.9. The maximum Gasteiger partial charge on any atom is 0.488 e. The van der Waals surface area contributed by atoms with Gasteiger partial charge in [0.05, 0.1) is 35.3 Å². The lowest BCUT2D eigenvalue weighted by Gasteiger charge is -2.38. The summed E-state index contributed by atoms with van der Waals surface area (Å²) in [6.45, 7) is 4.52. The molecule has 0 atom stereocenters. The highest BCUT2D eigenvalue weighted by molar-refractivity contribution is 9.10. The van der Waals surface area contributed by atoms with Crippen LogP contribution in [0.2, 0.25) is 0 Å². The third-order valence-corrected chi connectivity index (χ3v) is 26.1. The number of halogens is 5. The molecule has 0 saturated heterocycles.